The van der Waals surface area contributed by atoms with Gasteiger partial charge in [0.05, 0.1) is 16.9 Å². The smallest absolute Gasteiger partial charge is 0.335 e. The molecule has 33 heavy (non-hydrogen) atoms. The highest BCUT2D eigenvalue weighted by Gasteiger charge is 2.61. The molecule has 7 nitrogen and oxygen atoms in total. The first-order chi connectivity index (χ1) is 15.9. The van der Waals surface area contributed by atoms with E-state index in [0.717, 1.165) is 4.90 Å². The fraction of sp³-hybridized carbons (Fsp3) is 0.125. The standard InChI is InChI=1S/C24H16ClFN2O5/c25-16-7-4-8-17(26)18(16)20-19-21(33-28(20)15-5-2-1-3-6-15)23(30)27(22(19)29)14-11-9-13(10-12-14)24(31)32/h1-12,19-21H,(H,31,32)/t19-,20+,21+/m0/s1. The van der Waals surface area contributed by atoms with Gasteiger partial charge in [-0.15, -0.1) is 0 Å². The molecule has 2 aliphatic rings. The molecule has 166 valence electrons. The molecular formula is C24H16ClFN2O5. The number of halogens is 2. The Morgan fingerprint density at radius 1 is 0.909 bits per heavy atom. The van der Waals surface area contributed by atoms with Crippen molar-refractivity contribution in [2.24, 2.45) is 5.92 Å². The number of hydrogen-bond donors (Lipinski definition) is 1. The summed E-state index contributed by atoms with van der Waals surface area (Å²) in [5.74, 6) is -4.03. The molecule has 2 amide bonds. The van der Waals surface area contributed by atoms with Gasteiger partial charge in [0.25, 0.3) is 5.91 Å². The van der Waals surface area contributed by atoms with Crippen LogP contribution in [0.2, 0.25) is 5.02 Å². The third-order valence-corrected chi connectivity index (χ3v) is 6.12. The predicted molar refractivity (Wildman–Crippen MR) is 117 cm³/mol. The zero-order valence-electron chi connectivity index (χ0n) is 16.9. The Balaban J connectivity index is 1.59. The van der Waals surface area contributed by atoms with Crippen molar-refractivity contribution in [3.8, 4) is 0 Å². The van der Waals surface area contributed by atoms with Gasteiger partial charge in [0.1, 0.15) is 17.8 Å². The van der Waals surface area contributed by atoms with Crippen LogP contribution in [-0.2, 0) is 14.4 Å². The number of nitrogens with zero attached hydrogens (tertiary/aromatic N) is 2. The molecule has 0 spiro atoms. The second-order valence-corrected chi connectivity index (χ2v) is 8.06. The van der Waals surface area contributed by atoms with E-state index in [1.807, 2.05) is 0 Å². The summed E-state index contributed by atoms with van der Waals surface area (Å²) >= 11 is 6.35. The highest BCUT2D eigenvalue weighted by molar-refractivity contribution is 6.31. The average molecular weight is 467 g/mol. The summed E-state index contributed by atoms with van der Waals surface area (Å²) in [6.07, 6.45) is -1.20. The lowest BCUT2D eigenvalue weighted by atomic mass is 9.90. The highest BCUT2D eigenvalue weighted by atomic mass is 35.5. The van der Waals surface area contributed by atoms with E-state index in [9.17, 15) is 18.8 Å². The van der Waals surface area contributed by atoms with Crippen molar-refractivity contribution in [3.63, 3.8) is 0 Å². The summed E-state index contributed by atoms with van der Waals surface area (Å²) in [5, 5.41) is 10.6. The average Bonchev–Trinajstić information content (AvgIpc) is 3.30. The Morgan fingerprint density at radius 2 is 1.61 bits per heavy atom. The van der Waals surface area contributed by atoms with Crippen molar-refractivity contribution in [1.82, 2.24) is 0 Å². The van der Waals surface area contributed by atoms with Crippen molar-refractivity contribution in [1.29, 1.82) is 0 Å². The molecule has 9 heteroatoms. The van der Waals surface area contributed by atoms with Gasteiger partial charge in [0.2, 0.25) is 5.91 Å². The lowest BCUT2D eigenvalue weighted by molar-refractivity contribution is -0.126. The van der Waals surface area contributed by atoms with Crippen LogP contribution in [0.4, 0.5) is 15.8 Å². The summed E-state index contributed by atoms with van der Waals surface area (Å²) in [7, 11) is 0. The van der Waals surface area contributed by atoms with Gasteiger partial charge in [0, 0.05) is 10.6 Å². The Labute approximate surface area is 192 Å². The maximum absolute atomic E-state index is 15.0. The quantitative estimate of drug-likeness (QED) is 0.579. The first kappa shape index (κ1) is 21.1. The molecule has 0 aromatic heterocycles. The van der Waals surface area contributed by atoms with Crippen LogP contribution in [0.15, 0.2) is 72.8 Å². The second kappa shape index (κ2) is 7.99. The number of carbonyl (C=O) groups excluding carboxylic acids is 2. The lowest BCUT2D eigenvalue weighted by Gasteiger charge is -2.29. The molecule has 1 N–H and O–H groups in total. The molecule has 0 unspecified atom stereocenters. The Morgan fingerprint density at radius 3 is 2.24 bits per heavy atom. The van der Waals surface area contributed by atoms with Gasteiger partial charge >= 0.3 is 5.97 Å². The number of anilines is 2. The molecule has 3 aromatic carbocycles. The number of carboxylic acid groups (broad SMARTS) is 1. The molecule has 0 radical (unpaired) electrons. The number of amides is 2. The number of rotatable bonds is 4. The van der Waals surface area contributed by atoms with Gasteiger partial charge in [-0.2, -0.15) is 0 Å². The van der Waals surface area contributed by atoms with Gasteiger partial charge in [-0.05, 0) is 48.5 Å². The number of benzene rings is 3. The molecule has 3 atom stereocenters. The zero-order chi connectivity index (χ0) is 23.3. The van der Waals surface area contributed by atoms with Crippen LogP contribution >= 0.6 is 11.6 Å². The van der Waals surface area contributed by atoms with Crippen LogP contribution in [0.1, 0.15) is 22.0 Å². The van der Waals surface area contributed by atoms with E-state index in [2.05, 4.69) is 0 Å². The Bertz CT molecular complexity index is 1250. The molecule has 2 fully saturated rings. The maximum atomic E-state index is 15.0. The molecule has 2 aliphatic heterocycles. The minimum atomic E-state index is -1.20. The van der Waals surface area contributed by atoms with Crippen LogP contribution in [0.5, 0.6) is 0 Å². The summed E-state index contributed by atoms with van der Waals surface area (Å²) in [4.78, 5) is 44.8. The number of fused-ring (bicyclic) bond motifs is 1. The highest BCUT2D eigenvalue weighted by Crippen LogP contribution is 2.49. The fourth-order valence-electron chi connectivity index (χ4n) is 4.31. The first-order valence-electron chi connectivity index (χ1n) is 10.0. The van der Waals surface area contributed by atoms with Crippen molar-refractivity contribution in [2.75, 3.05) is 9.96 Å². The van der Waals surface area contributed by atoms with E-state index in [1.54, 1.807) is 30.3 Å². The second-order valence-electron chi connectivity index (χ2n) is 7.66. The van der Waals surface area contributed by atoms with E-state index >= 15 is 0 Å². The SMILES string of the molecule is O=C(O)c1ccc(N2C(=O)[C@H]3[C@@H](c4c(F)cccc4Cl)N(c4ccccc4)O[C@H]3C2=O)cc1. The predicted octanol–water partition coefficient (Wildman–Crippen LogP) is 4.23. The van der Waals surface area contributed by atoms with E-state index in [4.69, 9.17) is 21.5 Å². The number of imide groups is 1. The van der Waals surface area contributed by atoms with Gasteiger partial charge in [-0.3, -0.25) is 14.4 Å². The van der Waals surface area contributed by atoms with Crippen LogP contribution in [-0.4, -0.2) is 29.0 Å². The molecule has 0 saturated carbocycles. The van der Waals surface area contributed by atoms with Crippen LogP contribution < -0.4 is 9.96 Å². The topological polar surface area (TPSA) is 87.2 Å². The number of aromatic carboxylic acids is 1. The molecule has 0 aliphatic carbocycles. The maximum Gasteiger partial charge on any atom is 0.335 e. The van der Waals surface area contributed by atoms with Crippen molar-refractivity contribution >= 4 is 40.8 Å². The number of carbonyl (C=O) groups is 3. The molecule has 5 rings (SSSR count). The molecule has 2 heterocycles. The van der Waals surface area contributed by atoms with Crippen molar-refractivity contribution in [2.45, 2.75) is 12.1 Å². The van der Waals surface area contributed by atoms with E-state index in [0.29, 0.717) is 5.69 Å². The number of hydrogen-bond acceptors (Lipinski definition) is 5. The van der Waals surface area contributed by atoms with E-state index < -0.39 is 41.7 Å². The number of para-hydroxylation sites is 1. The third-order valence-electron chi connectivity index (χ3n) is 5.79. The molecule has 0 bridgehead atoms. The van der Waals surface area contributed by atoms with Crippen molar-refractivity contribution in [3.05, 3.63) is 94.8 Å². The Hall–Kier alpha value is -3.75. The third kappa shape index (κ3) is 3.35. The van der Waals surface area contributed by atoms with Gasteiger partial charge in [-0.25, -0.2) is 19.1 Å². The molecule has 2 saturated heterocycles. The summed E-state index contributed by atoms with van der Waals surface area (Å²) < 4.78 is 15.0. The van der Waals surface area contributed by atoms with Crippen LogP contribution in [0.3, 0.4) is 0 Å². The lowest BCUT2D eigenvalue weighted by Crippen LogP contribution is -2.37. The fourth-order valence-corrected chi connectivity index (χ4v) is 4.58. The molecular weight excluding hydrogens is 451 g/mol. The van der Waals surface area contributed by atoms with Crippen molar-refractivity contribution < 1.29 is 28.7 Å². The zero-order valence-corrected chi connectivity index (χ0v) is 17.6. The number of carboxylic acids is 1. The summed E-state index contributed by atoms with van der Waals surface area (Å²) in [6, 6.07) is 17.3. The molecule has 3 aromatic rings. The first-order valence-corrected chi connectivity index (χ1v) is 10.4. The summed E-state index contributed by atoms with van der Waals surface area (Å²) in [5.41, 5.74) is 0.812. The van der Waals surface area contributed by atoms with E-state index in [-0.39, 0.29) is 21.8 Å². The van der Waals surface area contributed by atoms with E-state index in [1.165, 1.54) is 47.5 Å². The number of hydroxylamine groups is 1. The normalized spacial score (nSPS) is 22.1. The largest absolute Gasteiger partial charge is 0.478 e. The minimum absolute atomic E-state index is 0.0144. The minimum Gasteiger partial charge on any atom is -0.478 e. The van der Waals surface area contributed by atoms with Crippen LogP contribution in [0, 0.1) is 11.7 Å². The van der Waals surface area contributed by atoms with Gasteiger partial charge in [-0.1, -0.05) is 35.9 Å². The monoisotopic (exact) mass is 466 g/mol. The Kier molecular flexibility index (Phi) is 5.11. The summed E-state index contributed by atoms with van der Waals surface area (Å²) in [6.45, 7) is 0. The van der Waals surface area contributed by atoms with Gasteiger partial charge < -0.3 is 5.11 Å². The van der Waals surface area contributed by atoms with Crippen LogP contribution in [0.25, 0.3) is 0 Å². The van der Waals surface area contributed by atoms with Gasteiger partial charge in [0.15, 0.2) is 6.10 Å².